The molecule has 2 aromatic rings. The number of nitrogens with one attached hydrogen (secondary N) is 1. The number of benzene rings is 1. The second kappa shape index (κ2) is 7.41. The maximum Gasteiger partial charge on any atom is 0.257 e. The molecule has 6 nitrogen and oxygen atoms in total. The molecule has 0 saturated carbocycles. The maximum atomic E-state index is 12.4. The Labute approximate surface area is 147 Å². The number of piperidine rings is 1. The van der Waals surface area contributed by atoms with E-state index in [-0.39, 0.29) is 16.7 Å². The third kappa shape index (κ3) is 4.29. The second-order valence-corrected chi connectivity index (χ2v) is 8.20. The summed E-state index contributed by atoms with van der Waals surface area (Å²) in [4.78, 5) is 14.4. The van der Waals surface area contributed by atoms with E-state index in [0.717, 1.165) is 18.4 Å². The molecule has 0 aliphatic carbocycles. The van der Waals surface area contributed by atoms with Crippen molar-refractivity contribution in [3.8, 4) is 0 Å². The van der Waals surface area contributed by atoms with Gasteiger partial charge in [-0.2, -0.15) is 0 Å². The molecule has 1 aliphatic rings. The Morgan fingerprint density at radius 1 is 1.28 bits per heavy atom. The van der Waals surface area contributed by atoms with Gasteiger partial charge in [-0.25, -0.2) is 13.1 Å². The fourth-order valence-corrected chi connectivity index (χ4v) is 4.13. The average Bonchev–Trinajstić information content (AvgIpc) is 3.15. The summed E-state index contributed by atoms with van der Waals surface area (Å²) in [5.41, 5.74) is 1.54. The van der Waals surface area contributed by atoms with Crippen LogP contribution in [0.1, 0.15) is 28.8 Å². The van der Waals surface area contributed by atoms with Crippen molar-refractivity contribution in [2.75, 3.05) is 19.6 Å². The summed E-state index contributed by atoms with van der Waals surface area (Å²) in [6, 6.07) is 8.41. The third-order valence-electron chi connectivity index (χ3n) is 4.47. The molecule has 1 saturated heterocycles. The highest BCUT2D eigenvalue weighted by Crippen LogP contribution is 2.19. The van der Waals surface area contributed by atoms with E-state index in [4.69, 9.17) is 4.42 Å². The van der Waals surface area contributed by atoms with Crippen LogP contribution in [0.2, 0.25) is 0 Å². The molecule has 1 N–H and O–H groups in total. The van der Waals surface area contributed by atoms with Crippen LogP contribution in [0, 0.1) is 12.8 Å². The molecular weight excluding hydrogens is 340 g/mol. The van der Waals surface area contributed by atoms with Gasteiger partial charge in [0.1, 0.15) is 6.26 Å². The molecule has 1 amide bonds. The van der Waals surface area contributed by atoms with Crippen molar-refractivity contribution in [3.05, 3.63) is 54.0 Å². The van der Waals surface area contributed by atoms with Crippen molar-refractivity contribution in [1.29, 1.82) is 0 Å². The monoisotopic (exact) mass is 362 g/mol. The lowest BCUT2D eigenvalue weighted by Crippen LogP contribution is -2.43. The number of sulfonamides is 1. The molecule has 0 unspecified atom stereocenters. The Morgan fingerprint density at radius 2 is 2.04 bits per heavy atom. The Bertz CT molecular complexity index is 813. The molecule has 1 atom stereocenters. The van der Waals surface area contributed by atoms with Crippen LogP contribution in [0.15, 0.2) is 52.2 Å². The lowest BCUT2D eigenvalue weighted by molar-refractivity contribution is 0.0675. The van der Waals surface area contributed by atoms with Gasteiger partial charge in [0.2, 0.25) is 10.0 Å². The van der Waals surface area contributed by atoms with E-state index in [0.29, 0.717) is 25.2 Å². The lowest BCUT2D eigenvalue weighted by atomic mass is 9.98. The summed E-state index contributed by atoms with van der Waals surface area (Å²) in [6.45, 7) is 3.47. The normalized spacial score (nSPS) is 18.3. The zero-order chi connectivity index (χ0) is 17.9. The number of carbonyl (C=O) groups excluding carboxylic acids is 1. The number of hydrogen-bond acceptors (Lipinski definition) is 4. The van der Waals surface area contributed by atoms with E-state index in [2.05, 4.69) is 4.72 Å². The number of rotatable bonds is 5. The van der Waals surface area contributed by atoms with Crippen molar-refractivity contribution in [3.63, 3.8) is 0 Å². The number of nitrogens with zero attached hydrogens (tertiary/aromatic N) is 1. The van der Waals surface area contributed by atoms with Gasteiger partial charge in [-0.15, -0.1) is 0 Å². The fourth-order valence-electron chi connectivity index (χ4n) is 3.01. The smallest absolute Gasteiger partial charge is 0.257 e. The van der Waals surface area contributed by atoms with Crippen LogP contribution < -0.4 is 4.72 Å². The molecule has 1 aliphatic heterocycles. The maximum absolute atomic E-state index is 12.4. The number of amides is 1. The van der Waals surface area contributed by atoms with Gasteiger partial charge in [0.05, 0.1) is 16.7 Å². The number of aryl methyl sites for hydroxylation is 1. The predicted molar refractivity (Wildman–Crippen MR) is 93.7 cm³/mol. The van der Waals surface area contributed by atoms with Crippen molar-refractivity contribution < 1.29 is 17.6 Å². The first-order valence-corrected chi connectivity index (χ1v) is 9.82. The number of carbonyl (C=O) groups is 1. The van der Waals surface area contributed by atoms with E-state index in [9.17, 15) is 13.2 Å². The van der Waals surface area contributed by atoms with Gasteiger partial charge in [-0.05, 0) is 43.9 Å². The number of hydrogen-bond donors (Lipinski definition) is 1. The highest BCUT2D eigenvalue weighted by atomic mass is 32.2. The first-order valence-electron chi connectivity index (χ1n) is 8.33. The molecule has 1 fully saturated rings. The molecule has 2 heterocycles. The van der Waals surface area contributed by atoms with Crippen LogP contribution in [0.25, 0.3) is 0 Å². The molecule has 1 aromatic heterocycles. The van der Waals surface area contributed by atoms with Crippen molar-refractivity contribution in [2.45, 2.75) is 24.7 Å². The number of likely N-dealkylation sites (tertiary alicyclic amines) is 1. The molecule has 134 valence electrons. The summed E-state index contributed by atoms with van der Waals surface area (Å²) in [5.74, 6) is 0.0321. The Hall–Kier alpha value is -2.12. The average molecular weight is 362 g/mol. The molecular formula is C18H22N2O4S. The SMILES string of the molecule is Cc1ccc(S(=O)(=O)NC[C@H]2CCCN(C(=O)c3ccoc3)C2)cc1. The Kier molecular flexibility index (Phi) is 5.24. The molecule has 1 aromatic carbocycles. The first-order chi connectivity index (χ1) is 12.0. The summed E-state index contributed by atoms with van der Waals surface area (Å²) < 4.78 is 32.4. The zero-order valence-electron chi connectivity index (χ0n) is 14.1. The topological polar surface area (TPSA) is 79.6 Å². The minimum Gasteiger partial charge on any atom is -0.472 e. The second-order valence-electron chi connectivity index (χ2n) is 6.44. The Morgan fingerprint density at radius 3 is 2.72 bits per heavy atom. The lowest BCUT2D eigenvalue weighted by Gasteiger charge is -2.32. The summed E-state index contributed by atoms with van der Waals surface area (Å²) in [5, 5.41) is 0. The zero-order valence-corrected chi connectivity index (χ0v) is 15.0. The highest BCUT2D eigenvalue weighted by Gasteiger charge is 2.26. The van der Waals surface area contributed by atoms with Crippen LogP contribution in [-0.2, 0) is 10.0 Å². The van der Waals surface area contributed by atoms with Crippen molar-refractivity contribution in [2.24, 2.45) is 5.92 Å². The van der Waals surface area contributed by atoms with Gasteiger partial charge in [-0.3, -0.25) is 4.79 Å². The molecule has 0 radical (unpaired) electrons. The van der Waals surface area contributed by atoms with Gasteiger partial charge < -0.3 is 9.32 Å². The molecule has 7 heteroatoms. The minimum atomic E-state index is -3.53. The summed E-state index contributed by atoms with van der Waals surface area (Å²) in [6.07, 6.45) is 4.67. The molecule has 0 spiro atoms. The van der Waals surface area contributed by atoms with Gasteiger partial charge in [-0.1, -0.05) is 17.7 Å². The summed E-state index contributed by atoms with van der Waals surface area (Å²) >= 11 is 0. The molecule has 3 rings (SSSR count). The van der Waals surface area contributed by atoms with Crippen LogP contribution in [0.4, 0.5) is 0 Å². The van der Waals surface area contributed by atoms with Gasteiger partial charge >= 0.3 is 0 Å². The Balaban J connectivity index is 1.59. The quantitative estimate of drug-likeness (QED) is 0.886. The van der Waals surface area contributed by atoms with E-state index in [1.165, 1.54) is 12.5 Å². The van der Waals surface area contributed by atoms with Crippen molar-refractivity contribution in [1.82, 2.24) is 9.62 Å². The highest BCUT2D eigenvalue weighted by molar-refractivity contribution is 7.89. The van der Waals surface area contributed by atoms with E-state index >= 15 is 0 Å². The van der Waals surface area contributed by atoms with Crippen LogP contribution in [0.3, 0.4) is 0 Å². The van der Waals surface area contributed by atoms with Crippen LogP contribution in [0.5, 0.6) is 0 Å². The van der Waals surface area contributed by atoms with Gasteiger partial charge in [0, 0.05) is 19.6 Å². The molecule has 0 bridgehead atoms. The molecule has 25 heavy (non-hydrogen) atoms. The summed E-state index contributed by atoms with van der Waals surface area (Å²) in [7, 11) is -3.53. The number of furan rings is 1. The standard InChI is InChI=1S/C18H22N2O4S/c1-14-4-6-17(7-5-14)25(22,23)19-11-15-3-2-9-20(12-15)18(21)16-8-10-24-13-16/h4-8,10,13,15,19H,2-3,9,11-12H2,1H3/t15-/m1/s1. The van der Waals surface area contributed by atoms with Gasteiger partial charge in [0.25, 0.3) is 5.91 Å². The van der Waals surface area contributed by atoms with Crippen molar-refractivity contribution >= 4 is 15.9 Å². The first kappa shape index (κ1) is 17.7. The predicted octanol–water partition coefficient (Wildman–Crippen LogP) is 2.42. The van der Waals surface area contributed by atoms with E-state index in [1.807, 2.05) is 6.92 Å². The van der Waals surface area contributed by atoms with Crippen LogP contribution in [-0.4, -0.2) is 38.9 Å². The van der Waals surface area contributed by atoms with E-state index in [1.54, 1.807) is 35.2 Å². The third-order valence-corrected chi connectivity index (χ3v) is 5.91. The van der Waals surface area contributed by atoms with E-state index < -0.39 is 10.0 Å². The van der Waals surface area contributed by atoms with Crippen LogP contribution >= 0.6 is 0 Å². The largest absolute Gasteiger partial charge is 0.472 e. The van der Waals surface area contributed by atoms with Gasteiger partial charge in [0.15, 0.2) is 0 Å². The minimum absolute atomic E-state index is 0.0696. The fraction of sp³-hybridized carbons (Fsp3) is 0.389.